The van der Waals surface area contributed by atoms with E-state index in [1.165, 1.54) is 5.56 Å². The summed E-state index contributed by atoms with van der Waals surface area (Å²) in [4.78, 5) is 2.38. The van der Waals surface area contributed by atoms with Gasteiger partial charge in [-0.1, -0.05) is 31.9 Å². The van der Waals surface area contributed by atoms with Crippen molar-refractivity contribution < 1.29 is 0 Å². The van der Waals surface area contributed by atoms with Crippen molar-refractivity contribution in [2.45, 2.75) is 12.5 Å². The predicted molar refractivity (Wildman–Crippen MR) is 79.3 cm³/mol. The number of rotatable bonds is 3. The Balaban J connectivity index is 2.25. The Morgan fingerprint density at radius 2 is 1.83 bits per heavy atom. The van der Waals surface area contributed by atoms with Crippen LogP contribution in [-0.2, 0) is 0 Å². The van der Waals surface area contributed by atoms with Gasteiger partial charge >= 0.3 is 0 Å². The Morgan fingerprint density at radius 1 is 1.22 bits per heavy atom. The number of piperazine rings is 1. The molecule has 0 bridgehead atoms. The number of nitrogens with zero attached hydrogens (tertiary/aromatic N) is 2. The van der Waals surface area contributed by atoms with Gasteiger partial charge in [0.15, 0.2) is 0 Å². The van der Waals surface area contributed by atoms with Crippen molar-refractivity contribution in [3.63, 3.8) is 0 Å². The van der Waals surface area contributed by atoms with Gasteiger partial charge < -0.3 is 5.32 Å². The fourth-order valence-electron chi connectivity index (χ4n) is 2.31. The van der Waals surface area contributed by atoms with E-state index >= 15 is 0 Å². The Kier molecular flexibility index (Phi) is 5.19. The third-order valence-corrected chi connectivity index (χ3v) is 4.06. The van der Waals surface area contributed by atoms with Crippen molar-refractivity contribution in [3.05, 3.63) is 32.7 Å². The molecule has 0 spiro atoms. The zero-order valence-electron chi connectivity index (χ0n) is 10.00. The van der Waals surface area contributed by atoms with Gasteiger partial charge in [-0.15, -0.1) is 0 Å². The van der Waals surface area contributed by atoms with Crippen LogP contribution < -0.4 is 5.32 Å². The van der Waals surface area contributed by atoms with Crippen LogP contribution in [-0.4, -0.2) is 31.1 Å². The number of hydrogen-bond donors (Lipinski definition) is 1. The second kappa shape index (κ2) is 6.67. The molecule has 18 heavy (non-hydrogen) atoms. The number of halogens is 2. The molecule has 3 nitrogen and oxygen atoms in total. The molecule has 0 aliphatic carbocycles. The van der Waals surface area contributed by atoms with Gasteiger partial charge in [0.2, 0.25) is 0 Å². The Morgan fingerprint density at radius 3 is 2.39 bits per heavy atom. The van der Waals surface area contributed by atoms with E-state index in [9.17, 15) is 0 Å². The minimum atomic E-state index is 0.186. The van der Waals surface area contributed by atoms with E-state index < -0.39 is 0 Å². The molecular weight excluding hydrogens is 358 g/mol. The quantitative estimate of drug-likeness (QED) is 0.886. The maximum absolute atomic E-state index is 9.05. The molecule has 1 heterocycles. The van der Waals surface area contributed by atoms with Crippen molar-refractivity contribution in [1.29, 1.82) is 5.26 Å². The van der Waals surface area contributed by atoms with Crippen LogP contribution in [0.4, 0.5) is 0 Å². The lowest BCUT2D eigenvalue weighted by atomic mass is 10.0. The van der Waals surface area contributed by atoms with Crippen molar-refractivity contribution in [1.82, 2.24) is 10.2 Å². The fraction of sp³-hybridized carbons (Fsp3) is 0.462. The Labute approximate surface area is 124 Å². The van der Waals surface area contributed by atoms with E-state index in [0.29, 0.717) is 6.42 Å². The molecule has 1 aromatic rings. The lowest BCUT2D eigenvalue weighted by Crippen LogP contribution is -2.45. The molecule has 0 aromatic heterocycles. The molecule has 5 heteroatoms. The summed E-state index contributed by atoms with van der Waals surface area (Å²) < 4.78 is 2.09. The van der Waals surface area contributed by atoms with E-state index in [1.54, 1.807) is 0 Å². The van der Waals surface area contributed by atoms with Crippen molar-refractivity contribution in [2.24, 2.45) is 0 Å². The maximum atomic E-state index is 9.05. The summed E-state index contributed by atoms with van der Waals surface area (Å²) in [7, 11) is 0. The van der Waals surface area contributed by atoms with Gasteiger partial charge in [-0.25, -0.2) is 0 Å². The average molecular weight is 373 g/mol. The van der Waals surface area contributed by atoms with Crippen LogP contribution in [0.3, 0.4) is 0 Å². The predicted octanol–water partition coefficient (Wildman–Crippen LogP) is 3.07. The molecule has 1 fully saturated rings. The molecule has 1 aliphatic rings. The first-order chi connectivity index (χ1) is 8.70. The largest absolute Gasteiger partial charge is 0.314 e. The van der Waals surface area contributed by atoms with Gasteiger partial charge in [-0.05, 0) is 23.8 Å². The van der Waals surface area contributed by atoms with E-state index in [0.717, 1.165) is 35.1 Å². The summed E-state index contributed by atoms with van der Waals surface area (Å²) in [6.07, 6.45) is 0.531. The van der Waals surface area contributed by atoms with E-state index in [1.807, 2.05) is 6.07 Å². The van der Waals surface area contributed by atoms with Crippen LogP contribution in [0.5, 0.6) is 0 Å². The zero-order valence-corrected chi connectivity index (χ0v) is 13.2. The highest BCUT2D eigenvalue weighted by molar-refractivity contribution is 9.11. The number of nitrogens with one attached hydrogen (secondary N) is 1. The van der Waals surface area contributed by atoms with Crippen molar-refractivity contribution in [3.8, 4) is 6.07 Å². The van der Waals surface area contributed by atoms with Gasteiger partial charge in [-0.2, -0.15) is 5.26 Å². The van der Waals surface area contributed by atoms with Crippen LogP contribution >= 0.6 is 31.9 Å². The van der Waals surface area contributed by atoms with Gasteiger partial charge in [-0.3, -0.25) is 4.90 Å². The minimum absolute atomic E-state index is 0.186. The highest BCUT2D eigenvalue weighted by atomic mass is 79.9. The first-order valence-corrected chi connectivity index (χ1v) is 7.57. The molecule has 96 valence electrons. The van der Waals surface area contributed by atoms with Gasteiger partial charge in [0.25, 0.3) is 0 Å². The number of nitriles is 1. The first kappa shape index (κ1) is 14.0. The molecular formula is C13H15Br2N3. The molecule has 0 saturated carbocycles. The summed E-state index contributed by atoms with van der Waals surface area (Å²) in [5.74, 6) is 0. The van der Waals surface area contributed by atoms with Gasteiger partial charge in [0.1, 0.15) is 0 Å². The Bertz CT molecular complexity index is 430. The summed E-state index contributed by atoms with van der Waals surface area (Å²) in [6, 6.07) is 8.73. The van der Waals surface area contributed by atoms with Crippen LogP contribution in [0.2, 0.25) is 0 Å². The SMILES string of the molecule is N#CC[C@H](c1cc(Br)cc(Br)c1)N1CCNCC1. The molecule has 2 rings (SSSR count). The van der Waals surface area contributed by atoms with Crippen molar-refractivity contribution >= 4 is 31.9 Å². The molecule has 1 saturated heterocycles. The molecule has 1 N–H and O–H groups in total. The van der Waals surface area contributed by atoms with Gasteiger partial charge in [0.05, 0.1) is 12.5 Å². The fourth-order valence-corrected chi connectivity index (χ4v) is 3.63. The normalized spacial score (nSPS) is 18.3. The highest BCUT2D eigenvalue weighted by Gasteiger charge is 2.22. The monoisotopic (exact) mass is 371 g/mol. The van der Waals surface area contributed by atoms with Crippen LogP contribution in [0.1, 0.15) is 18.0 Å². The second-order valence-electron chi connectivity index (χ2n) is 4.37. The van der Waals surface area contributed by atoms with E-state index in [2.05, 4.69) is 60.3 Å². The number of hydrogen-bond acceptors (Lipinski definition) is 3. The van der Waals surface area contributed by atoms with Gasteiger partial charge in [0, 0.05) is 41.2 Å². The molecule has 1 aliphatic heterocycles. The van der Waals surface area contributed by atoms with Crippen LogP contribution in [0.25, 0.3) is 0 Å². The first-order valence-electron chi connectivity index (χ1n) is 5.98. The van der Waals surface area contributed by atoms with E-state index in [4.69, 9.17) is 5.26 Å². The minimum Gasteiger partial charge on any atom is -0.314 e. The summed E-state index contributed by atoms with van der Waals surface area (Å²) in [5.41, 5.74) is 1.19. The summed E-state index contributed by atoms with van der Waals surface area (Å²) in [5, 5.41) is 12.4. The molecule has 0 unspecified atom stereocenters. The van der Waals surface area contributed by atoms with Crippen LogP contribution in [0, 0.1) is 11.3 Å². The molecule has 1 aromatic carbocycles. The lowest BCUT2D eigenvalue weighted by Gasteiger charge is -2.34. The third-order valence-electron chi connectivity index (χ3n) is 3.15. The van der Waals surface area contributed by atoms with E-state index in [-0.39, 0.29) is 6.04 Å². The summed E-state index contributed by atoms with van der Waals surface area (Å²) in [6.45, 7) is 3.99. The highest BCUT2D eigenvalue weighted by Crippen LogP contribution is 2.29. The third kappa shape index (κ3) is 3.55. The molecule has 0 amide bonds. The lowest BCUT2D eigenvalue weighted by molar-refractivity contribution is 0.175. The topological polar surface area (TPSA) is 39.1 Å². The maximum Gasteiger partial charge on any atom is 0.0641 e. The summed E-state index contributed by atoms with van der Waals surface area (Å²) >= 11 is 7.03. The zero-order chi connectivity index (χ0) is 13.0. The second-order valence-corrected chi connectivity index (χ2v) is 6.20. The van der Waals surface area contributed by atoms with Crippen molar-refractivity contribution in [2.75, 3.05) is 26.2 Å². The smallest absolute Gasteiger partial charge is 0.0641 e. The standard InChI is InChI=1S/C13H15Br2N3/c14-11-7-10(8-12(15)9-11)13(1-2-16)18-5-3-17-4-6-18/h7-9,13,17H,1,3-6H2/t13-/m1/s1. The molecule has 0 radical (unpaired) electrons. The molecule has 1 atom stereocenters. The average Bonchev–Trinajstić information content (AvgIpc) is 2.36. The van der Waals surface area contributed by atoms with Crippen LogP contribution in [0.15, 0.2) is 27.1 Å². The number of benzene rings is 1. The Hall–Kier alpha value is -0.410.